The Labute approximate surface area is 139 Å². The van der Waals surface area contributed by atoms with Crippen LogP contribution < -0.4 is 15.4 Å². The smallest absolute Gasteiger partial charge is 0.387 e. The van der Waals surface area contributed by atoms with E-state index in [9.17, 15) is 13.6 Å². The number of carbonyl (C=O) groups excluding carboxylic acids is 1. The summed E-state index contributed by atoms with van der Waals surface area (Å²) >= 11 is 0. The van der Waals surface area contributed by atoms with Crippen LogP contribution in [-0.4, -0.2) is 18.6 Å². The zero-order chi connectivity index (χ0) is 17.5. The molecule has 0 saturated carbocycles. The molecule has 0 saturated heterocycles. The number of ether oxygens (including phenoxy) is 1. The minimum Gasteiger partial charge on any atom is -0.433 e. The molecule has 128 valence electrons. The Morgan fingerprint density at radius 2 is 1.79 bits per heavy atom. The lowest BCUT2D eigenvalue weighted by Crippen LogP contribution is -2.32. The molecule has 2 rings (SSSR count). The predicted molar refractivity (Wildman–Crippen MR) is 90.6 cm³/mol. The first-order valence-electron chi connectivity index (χ1n) is 7.69. The molecule has 0 aliphatic carbocycles. The summed E-state index contributed by atoms with van der Waals surface area (Å²) in [5, 5.41) is 5.67. The normalized spacial score (nSPS) is 11.9. The van der Waals surface area contributed by atoms with Gasteiger partial charge in [0.15, 0.2) is 0 Å². The molecule has 0 aromatic heterocycles. The van der Waals surface area contributed by atoms with Gasteiger partial charge in [-0.3, -0.25) is 4.79 Å². The van der Waals surface area contributed by atoms with Crippen LogP contribution in [0.5, 0.6) is 5.75 Å². The van der Waals surface area contributed by atoms with Crippen LogP contribution in [0.2, 0.25) is 0 Å². The summed E-state index contributed by atoms with van der Waals surface area (Å²) in [6.45, 7) is 0.813. The third-order valence-corrected chi connectivity index (χ3v) is 3.50. The number of aryl methyl sites for hydroxylation is 1. The van der Waals surface area contributed by atoms with Gasteiger partial charge in [-0.1, -0.05) is 31.2 Å². The van der Waals surface area contributed by atoms with Crippen molar-refractivity contribution >= 4 is 17.3 Å². The minimum atomic E-state index is -2.95. The van der Waals surface area contributed by atoms with Crippen LogP contribution in [-0.2, 0) is 11.2 Å². The molecule has 0 radical (unpaired) electrons. The lowest BCUT2D eigenvalue weighted by atomic mass is 10.1. The van der Waals surface area contributed by atoms with Crippen LogP contribution in [0.4, 0.5) is 20.2 Å². The van der Waals surface area contributed by atoms with Crippen molar-refractivity contribution in [1.82, 2.24) is 0 Å². The lowest BCUT2D eigenvalue weighted by molar-refractivity contribution is -0.116. The summed E-state index contributed by atoms with van der Waals surface area (Å²) in [5.74, 6) is -0.416. The van der Waals surface area contributed by atoms with Crippen molar-refractivity contribution in [3.63, 3.8) is 0 Å². The highest BCUT2D eigenvalue weighted by Crippen LogP contribution is 2.25. The number of halogens is 2. The van der Waals surface area contributed by atoms with Crippen molar-refractivity contribution < 1.29 is 18.3 Å². The van der Waals surface area contributed by atoms with E-state index < -0.39 is 12.7 Å². The van der Waals surface area contributed by atoms with E-state index in [0.717, 1.165) is 12.1 Å². The van der Waals surface area contributed by atoms with Crippen molar-refractivity contribution in [3.8, 4) is 5.75 Å². The van der Waals surface area contributed by atoms with Crippen molar-refractivity contribution in [2.45, 2.75) is 32.9 Å². The second-order valence-corrected chi connectivity index (χ2v) is 5.28. The first kappa shape index (κ1) is 17.7. The molecule has 0 bridgehead atoms. The van der Waals surface area contributed by atoms with E-state index in [0.29, 0.717) is 0 Å². The highest BCUT2D eigenvalue weighted by Gasteiger charge is 2.16. The highest BCUT2D eigenvalue weighted by atomic mass is 19.3. The van der Waals surface area contributed by atoms with Gasteiger partial charge in [-0.05, 0) is 43.2 Å². The number of rotatable bonds is 7. The van der Waals surface area contributed by atoms with Crippen molar-refractivity contribution in [2.75, 3.05) is 10.6 Å². The van der Waals surface area contributed by atoms with Crippen LogP contribution in [0.15, 0.2) is 48.5 Å². The standard InChI is InChI=1S/C18H20F2N2O2/c1-3-13-8-10-14(11-9-13)21-12(2)17(23)22-15-6-4-5-7-16(15)24-18(19)20/h4-12,18,21H,3H2,1-2H3,(H,22,23). The largest absolute Gasteiger partial charge is 0.433 e. The monoisotopic (exact) mass is 334 g/mol. The van der Waals surface area contributed by atoms with E-state index in [1.165, 1.54) is 17.7 Å². The number of para-hydroxylation sites is 2. The fraction of sp³-hybridized carbons (Fsp3) is 0.278. The second-order valence-electron chi connectivity index (χ2n) is 5.28. The van der Waals surface area contributed by atoms with Gasteiger partial charge in [-0.25, -0.2) is 0 Å². The maximum Gasteiger partial charge on any atom is 0.387 e. The number of hydrogen-bond acceptors (Lipinski definition) is 3. The van der Waals surface area contributed by atoms with E-state index >= 15 is 0 Å². The summed E-state index contributed by atoms with van der Waals surface area (Å²) in [5.41, 5.74) is 2.22. The first-order chi connectivity index (χ1) is 11.5. The van der Waals surface area contributed by atoms with Crippen LogP contribution in [0.3, 0.4) is 0 Å². The van der Waals surface area contributed by atoms with E-state index in [-0.39, 0.29) is 17.3 Å². The Balaban J connectivity index is 2.01. The number of amides is 1. The number of anilines is 2. The average molecular weight is 334 g/mol. The van der Waals surface area contributed by atoms with Gasteiger partial charge < -0.3 is 15.4 Å². The molecule has 0 aliphatic heterocycles. The number of benzene rings is 2. The number of alkyl halides is 2. The van der Waals surface area contributed by atoms with Gasteiger partial charge in [-0.15, -0.1) is 0 Å². The molecule has 24 heavy (non-hydrogen) atoms. The second kappa shape index (κ2) is 8.29. The molecule has 2 N–H and O–H groups in total. The van der Waals surface area contributed by atoms with Gasteiger partial charge in [0.2, 0.25) is 5.91 Å². The molecule has 0 spiro atoms. The maximum absolute atomic E-state index is 12.4. The maximum atomic E-state index is 12.4. The number of nitrogens with one attached hydrogen (secondary N) is 2. The van der Waals surface area contributed by atoms with Gasteiger partial charge in [0, 0.05) is 5.69 Å². The summed E-state index contributed by atoms with van der Waals surface area (Å²) in [7, 11) is 0. The van der Waals surface area contributed by atoms with Crippen LogP contribution >= 0.6 is 0 Å². The summed E-state index contributed by atoms with van der Waals surface area (Å²) < 4.78 is 29.2. The number of hydrogen-bond donors (Lipinski definition) is 2. The molecule has 6 heteroatoms. The molecule has 1 amide bonds. The first-order valence-corrected chi connectivity index (χ1v) is 7.69. The Morgan fingerprint density at radius 1 is 1.12 bits per heavy atom. The van der Waals surface area contributed by atoms with Gasteiger partial charge in [0.05, 0.1) is 5.69 Å². The molecular formula is C18H20F2N2O2. The van der Waals surface area contributed by atoms with Gasteiger partial charge in [-0.2, -0.15) is 8.78 Å². The fourth-order valence-electron chi connectivity index (χ4n) is 2.16. The van der Waals surface area contributed by atoms with Crippen LogP contribution in [0.1, 0.15) is 19.4 Å². The third kappa shape index (κ3) is 4.94. The van der Waals surface area contributed by atoms with E-state index in [2.05, 4.69) is 22.3 Å². The summed E-state index contributed by atoms with van der Waals surface area (Å²) in [6, 6.07) is 13.3. The molecule has 4 nitrogen and oxygen atoms in total. The van der Waals surface area contributed by atoms with Crippen molar-refractivity contribution in [1.29, 1.82) is 0 Å². The molecular weight excluding hydrogens is 314 g/mol. The highest BCUT2D eigenvalue weighted by molar-refractivity contribution is 5.97. The van der Waals surface area contributed by atoms with Crippen LogP contribution in [0.25, 0.3) is 0 Å². The molecule has 1 unspecified atom stereocenters. The Bertz CT molecular complexity index is 675. The third-order valence-electron chi connectivity index (χ3n) is 3.50. The molecule has 2 aromatic rings. The zero-order valence-electron chi connectivity index (χ0n) is 13.6. The topological polar surface area (TPSA) is 50.4 Å². The lowest BCUT2D eigenvalue weighted by Gasteiger charge is -2.17. The molecule has 2 aromatic carbocycles. The number of carbonyl (C=O) groups is 1. The predicted octanol–water partition coefficient (Wildman–Crippen LogP) is 4.29. The van der Waals surface area contributed by atoms with E-state index in [1.54, 1.807) is 19.1 Å². The minimum absolute atomic E-state index is 0.0691. The SMILES string of the molecule is CCc1ccc(NC(C)C(=O)Nc2ccccc2OC(F)F)cc1. The molecule has 1 atom stereocenters. The Morgan fingerprint density at radius 3 is 2.42 bits per heavy atom. The van der Waals surface area contributed by atoms with Gasteiger partial charge >= 0.3 is 6.61 Å². The summed E-state index contributed by atoms with van der Waals surface area (Å²) in [6.07, 6.45) is 0.942. The quantitative estimate of drug-likeness (QED) is 0.794. The van der Waals surface area contributed by atoms with Gasteiger partial charge in [0.25, 0.3) is 0 Å². The Hall–Kier alpha value is -2.63. The Kier molecular flexibility index (Phi) is 6.12. The van der Waals surface area contributed by atoms with Crippen molar-refractivity contribution in [3.05, 3.63) is 54.1 Å². The van der Waals surface area contributed by atoms with Crippen LogP contribution in [0, 0.1) is 0 Å². The molecule has 0 heterocycles. The van der Waals surface area contributed by atoms with E-state index in [1.807, 2.05) is 24.3 Å². The molecule has 0 aliphatic rings. The fourth-order valence-corrected chi connectivity index (χ4v) is 2.16. The average Bonchev–Trinajstić information content (AvgIpc) is 2.56. The van der Waals surface area contributed by atoms with E-state index in [4.69, 9.17) is 0 Å². The zero-order valence-corrected chi connectivity index (χ0v) is 13.6. The molecule has 0 fully saturated rings. The van der Waals surface area contributed by atoms with Gasteiger partial charge in [0.1, 0.15) is 11.8 Å². The summed E-state index contributed by atoms with van der Waals surface area (Å²) in [4.78, 5) is 12.3. The van der Waals surface area contributed by atoms with Crippen molar-refractivity contribution in [2.24, 2.45) is 0 Å².